The molecule has 0 radical (unpaired) electrons. The number of piperidine rings is 2. The number of rotatable bonds is 6. The largest absolute Gasteiger partial charge is 0.361 e. The maximum Gasteiger partial charge on any atom is 0.252 e. The number of amides is 2. The molecule has 2 amide bonds. The number of carbonyl (C=O) groups is 2. The van der Waals surface area contributed by atoms with Gasteiger partial charge in [-0.15, -0.1) is 12.4 Å². The minimum Gasteiger partial charge on any atom is -0.361 e. The minimum atomic E-state index is -0.642. The lowest BCUT2D eigenvalue weighted by Crippen LogP contribution is -2.52. The van der Waals surface area contributed by atoms with Crippen molar-refractivity contribution in [2.24, 2.45) is 11.8 Å². The summed E-state index contributed by atoms with van der Waals surface area (Å²) in [4.78, 5) is 38.7. The molecule has 1 atom stereocenters. The molecule has 1 aromatic carbocycles. The first-order chi connectivity index (χ1) is 17.1. The van der Waals surface area contributed by atoms with Crippen molar-refractivity contribution in [2.45, 2.75) is 38.1 Å². The minimum absolute atomic E-state index is 0. The van der Waals surface area contributed by atoms with Gasteiger partial charge in [-0.25, -0.2) is 0 Å². The molecule has 8 heteroatoms. The Morgan fingerprint density at radius 3 is 2.44 bits per heavy atom. The average Bonchev–Trinajstić information content (AvgIpc) is 3.37. The van der Waals surface area contributed by atoms with Crippen molar-refractivity contribution >= 4 is 35.1 Å². The van der Waals surface area contributed by atoms with Crippen LogP contribution in [-0.2, 0) is 11.2 Å². The number of hydrogen-bond donors (Lipinski definition) is 2. The fourth-order valence-electron chi connectivity index (χ4n) is 5.67. The van der Waals surface area contributed by atoms with E-state index in [2.05, 4.69) is 27.2 Å². The molecule has 3 aromatic rings. The van der Waals surface area contributed by atoms with Gasteiger partial charge >= 0.3 is 0 Å². The lowest BCUT2D eigenvalue weighted by molar-refractivity contribution is -0.135. The Kier molecular flexibility index (Phi) is 8.64. The van der Waals surface area contributed by atoms with Gasteiger partial charge in [0.25, 0.3) is 5.91 Å². The quantitative estimate of drug-likeness (QED) is 0.528. The highest BCUT2D eigenvalue weighted by atomic mass is 35.5. The molecule has 0 unspecified atom stereocenters. The molecule has 2 fully saturated rings. The third-order valence-electron chi connectivity index (χ3n) is 7.84. The molecule has 5 rings (SSSR count). The van der Waals surface area contributed by atoms with Gasteiger partial charge in [0.2, 0.25) is 5.91 Å². The van der Waals surface area contributed by atoms with Gasteiger partial charge in [-0.2, -0.15) is 0 Å². The number of likely N-dealkylation sites (tertiary alicyclic amines) is 2. The molecule has 0 spiro atoms. The first-order valence-corrected chi connectivity index (χ1v) is 12.8. The van der Waals surface area contributed by atoms with Crippen LogP contribution in [0.3, 0.4) is 0 Å². The van der Waals surface area contributed by atoms with Gasteiger partial charge < -0.3 is 20.1 Å². The van der Waals surface area contributed by atoms with Gasteiger partial charge in [0, 0.05) is 48.7 Å². The highest BCUT2D eigenvalue weighted by Gasteiger charge is 2.33. The third-order valence-corrected chi connectivity index (χ3v) is 7.84. The summed E-state index contributed by atoms with van der Waals surface area (Å²) in [5, 5.41) is 4.08. The summed E-state index contributed by atoms with van der Waals surface area (Å²) in [6, 6.07) is 12.6. The second-order valence-electron chi connectivity index (χ2n) is 10.1. The van der Waals surface area contributed by atoms with Gasteiger partial charge in [0.05, 0.1) is 0 Å². The van der Waals surface area contributed by atoms with E-state index < -0.39 is 6.04 Å². The number of halogens is 1. The molecule has 2 saturated heterocycles. The highest BCUT2D eigenvalue weighted by Crippen LogP contribution is 2.32. The van der Waals surface area contributed by atoms with Crippen LogP contribution in [0.25, 0.3) is 10.9 Å². The van der Waals surface area contributed by atoms with E-state index in [-0.39, 0.29) is 24.2 Å². The number of benzene rings is 1. The fraction of sp³-hybridized carbons (Fsp3) is 0.464. The fourth-order valence-corrected chi connectivity index (χ4v) is 5.67. The van der Waals surface area contributed by atoms with Crippen molar-refractivity contribution in [1.29, 1.82) is 0 Å². The number of aromatic amines is 1. The predicted octanol–water partition coefficient (Wildman–Crippen LogP) is 3.91. The summed E-state index contributed by atoms with van der Waals surface area (Å²) in [7, 11) is 2.20. The Morgan fingerprint density at radius 2 is 1.75 bits per heavy atom. The van der Waals surface area contributed by atoms with Crippen LogP contribution in [0, 0.1) is 11.8 Å². The van der Waals surface area contributed by atoms with Gasteiger partial charge in [-0.05, 0) is 93.4 Å². The van der Waals surface area contributed by atoms with Crippen molar-refractivity contribution in [1.82, 2.24) is 25.1 Å². The monoisotopic (exact) mass is 509 g/mol. The van der Waals surface area contributed by atoms with Gasteiger partial charge in [0.1, 0.15) is 6.04 Å². The summed E-state index contributed by atoms with van der Waals surface area (Å²) in [6.07, 6.45) is 8.59. The first kappa shape index (κ1) is 26.2. The molecule has 2 aromatic heterocycles. The lowest BCUT2D eigenvalue weighted by atomic mass is 9.79. The number of carbonyl (C=O) groups excluding carboxylic acids is 2. The smallest absolute Gasteiger partial charge is 0.252 e. The van der Waals surface area contributed by atoms with Crippen LogP contribution in [0.2, 0.25) is 0 Å². The summed E-state index contributed by atoms with van der Waals surface area (Å²) in [5.74, 6) is 1.23. The molecule has 4 heterocycles. The molecular formula is C28H36ClN5O2. The third kappa shape index (κ3) is 6.08. The number of hydrogen-bond acceptors (Lipinski definition) is 4. The summed E-state index contributed by atoms with van der Waals surface area (Å²) in [5.41, 5.74) is 2.24. The zero-order valence-corrected chi connectivity index (χ0v) is 21.7. The Bertz CT molecular complexity index is 1150. The molecule has 2 aliphatic rings. The Labute approximate surface area is 219 Å². The van der Waals surface area contributed by atoms with E-state index in [1.54, 1.807) is 12.3 Å². The van der Waals surface area contributed by atoms with Crippen molar-refractivity contribution in [3.05, 3.63) is 66.1 Å². The Balaban J connectivity index is 0.00000304. The maximum absolute atomic E-state index is 13.6. The first-order valence-electron chi connectivity index (χ1n) is 12.8. The van der Waals surface area contributed by atoms with Crippen molar-refractivity contribution in [2.75, 3.05) is 33.2 Å². The predicted molar refractivity (Wildman–Crippen MR) is 144 cm³/mol. The molecule has 0 saturated carbocycles. The van der Waals surface area contributed by atoms with Crippen LogP contribution in [0.5, 0.6) is 0 Å². The SMILES string of the molecule is CN1CCC(C2CCN(C(=O)[C@@H](Cc3ccccn3)NC(=O)c3ccc4cc[nH]c4c3)CC2)CC1.Cl. The second kappa shape index (κ2) is 11.9. The van der Waals surface area contributed by atoms with Crippen molar-refractivity contribution < 1.29 is 9.59 Å². The Morgan fingerprint density at radius 1 is 1.03 bits per heavy atom. The average molecular weight is 510 g/mol. The summed E-state index contributed by atoms with van der Waals surface area (Å²) < 4.78 is 0. The van der Waals surface area contributed by atoms with Crippen LogP contribution < -0.4 is 5.32 Å². The van der Waals surface area contributed by atoms with Crippen molar-refractivity contribution in [3.63, 3.8) is 0 Å². The molecule has 36 heavy (non-hydrogen) atoms. The molecule has 192 valence electrons. The van der Waals surface area contributed by atoms with E-state index in [9.17, 15) is 9.59 Å². The highest BCUT2D eigenvalue weighted by molar-refractivity contribution is 6.00. The van der Waals surface area contributed by atoms with E-state index >= 15 is 0 Å². The second-order valence-corrected chi connectivity index (χ2v) is 10.1. The topological polar surface area (TPSA) is 81.3 Å². The van der Waals surface area contributed by atoms with Crippen LogP contribution in [0.1, 0.15) is 41.7 Å². The molecule has 2 aliphatic heterocycles. The molecule has 0 bridgehead atoms. The molecular weight excluding hydrogens is 474 g/mol. The van der Waals surface area contributed by atoms with Crippen LogP contribution in [0.4, 0.5) is 0 Å². The lowest BCUT2D eigenvalue weighted by Gasteiger charge is -2.40. The Hall–Kier alpha value is -2.90. The van der Waals surface area contributed by atoms with E-state index in [1.165, 1.54) is 25.9 Å². The van der Waals surface area contributed by atoms with Crippen molar-refractivity contribution in [3.8, 4) is 0 Å². The number of pyridine rings is 1. The number of H-pyrrole nitrogens is 1. The maximum atomic E-state index is 13.6. The van der Waals surface area contributed by atoms with Crippen LogP contribution in [0.15, 0.2) is 54.9 Å². The van der Waals surface area contributed by atoms with E-state index in [0.717, 1.165) is 48.4 Å². The summed E-state index contributed by atoms with van der Waals surface area (Å²) in [6.45, 7) is 3.88. The van der Waals surface area contributed by atoms with Crippen LogP contribution in [-0.4, -0.2) is 70.9 Å². The van der Waals surface area contributed by atoms with Crippen LogP contribution >= 0.6 is 12.4 Å². The van der Waals surface area contributed by atoms with E-state index in [0.29, 0.717) is 17.9 Å². The van der Waals surface area contributed by atoms with Gasteiger partial charge in [0.15, 0.2) is 0 Å². The number of aromatic nitrogens is 2. The molecule has 0 aliphatic carbocycles. The number of nitrogens with zero attached hydrogens (tertiary/aromatic N) is 3. The standard InChI is InChI=1S/C28H35N5O2.ClH/c1-32-14-8-20(9-15-32)21-10-16-33(17-11-21)28(35)26(19-24-4-2-3-12-29-24)31-27(34)23-6-5-22-7-13-30-25(22)18-23;/h2-7,12-13,18,20-21,26,30H,8-11,14-17,19H2,1H3,(H,31,34);1H/t26-;/m1./s1. The zero-order valence-electron chi connectivity index (χ0n) is 20.9. The zero-order chi connectivity index (χ0) is 24.2. The van der Waals surface area contributed by atoms with E-state index in [1.807, 2.05) is 47.5 Å². The van der Waals surface area contributed by atoms with E-state index in [4.69, 9.17) is 0 Å². The van der Waals surface area contributed by atoms with Gasteiger partial charge in [-0.1, -0.05) is 12.1 Å². The number of fused-ring (bicyclic) bond motifs is 1. The molecule has 7 nitrogen and oxygen atoms in total. The molecule has 2 N–H and O–H groups in total. The normalized spacial score (nSPS) is 18.5. The number of nitrogens with one attached hydrogen (secondary N) is 2. The summed E-state index contributed by atoms with van der Waals surface area (Å²) >= 11 is 0. The van der Waals surface area contributed by atoms with Gasteiger partial charge in [-0.3, -0.25) is 14.6 Å².